The molecule has 10 nitrogen and oxygen atoms in total. The van der Waals surface area contributed by atoms with Crippen LogP contribution >= 0.6 is 0 Å². The first kappa shape index (κ1) is 25.3. The van der Waals surface area contributed by atoms with E-state index in [9.17, 15) is 32.0 Å². The van der Waals surface area contributed by atoms with E-state index >= 15 is 0 Å². The zero-order valence-electron chi connectivity index (χ0n) is 18.1. The van der Waals surface area contributed by atoms with Crippen molar-refractivity contribution in [3.63, 3.8) is 0 Å². The summed E-state index contributed by atoms with van der Waals surface area (Å²) in [6.45, 7) is 0.737. The Kier molecular flexibility index (Phi) is 8.36. The number of carbonyl (C=O) groups is 2. The second-order valence-corrected chi connectivity index (χ2v) is 9.64. The van der Waals surface area contributed by atoms with Crippen LogP contribution in [0.3, 0.4) is 0 Å². The maximum absolute atomic E-state index is 13.1. The Labute approximate surface area is 195 Å². The van der Waals surface area contributed by atoms with Crippen LogP contribution in [0, 0.1) is 11.6 Å². The van der Waals surface area contributed by atoms with Crippen LogP contribution in [0.4, 0.5) is 25.0 Å². The Morgan fingerprint density at radius 3 is 2.15 bits per heavy atom. The van der Waals surface area contributed by atoms with Gasteiger partial charge in [0.1, 0.15) is 11.6 Å². The van der Waals surface area contributed by atoms with Crippen LogP contribution in [-0.4, -0.2) is 80.0 Å². The first-order valence-electron chi connectivity index (χ1n) is 10.4. The molecule has 1 saturated heterocycles. The third kappa shape index (κ3) is 6.85. The molecule has 0 saturated carbocycles. The maximum Gasteiger partial charge on any atom is 0.319 e. The number of rotatable bonds is 9. The number of piperazine rings is 1. The molecule has 3 rings (SSSR count). The first-order valence-corrected chi connectivity index (χ1v) is 12.0. The first-order chi connectivity index (χ1) is 16.2. The fourth-order valence-electron chi connectivity index (χ4n) is 3.46. The van der Waals surface area contributed by atoms with Crippen LogP contribution in [0.5, 0.6) is 0 Å². The van der Waals surface area contributed by atoms with E-state index in [0.29, 0.717) is 18.8 Å². The van der Waals surface area contributed by atoms with Gasteiger partial charge in [0.05, 0.1) is 11.8 Å². The van der Waals surface area contributed by atoms with Crippen molar-refractivity contribution in [3.8, 4) is 0 Å². The number of hydrogen-bond donors (Lipinski definition) is 3. The summed E-state index contributed by atoms with van der Waals surface area (Å²) in [5.41, 5.74) is 1.08. The molecule has 13 heteroatoms. The van der Waals surface area contributed by atoms with Crippen molar-refractivity contribution >= 4 is 33.8 Å². The predicted molar refractivity (Wildman–Crippen MR) is 121 cm³/mol. The minimum atomic E-state index is -3.89. The average molecular weight is 498 g/mol. The van der Waals surface area contributed by atoms with E-state index < -0.39 is 33.7 Å². The summed E-state index contributed by atoms with van der Waals surface area (Å²) in [6, 6.07) is 8.93. The maximum atomic E-state index is 13.1. The molecule has 34 heavy (non-hydrogen) atoms. The molecule has 3 amide bonds. The summed E-state index contributed by atoms with van der Waals surface area (Å²) < 4.78 is 53.2. The van der Waals surface area contributed by atoms with Gasteiger partial charge >= 0.3 is 6.03 Å². The van der Waals surface area contributed by atoms with Crippen molar-refractivity contribution in [1.82, 2.24) is 14.7 Å². The zero-order valence-corrected chi connectivity index (χ0v) is 18.9. The standard InChI is InChI=1S/C21H25F2N5O5S/c22-16-1-5-18(6-2-16)25-21(30)24-13-20(28(31)15-29)14-34(32,33)27-11-9-26(10-12-27)19-7-3-17(23)4-8-19/h1-8,15,20,31H,9-14H2,(H2,24,25,30). The fourth-order valence-corrected chi connectivity index (χ4v) is 5.15. The van der Waals surface area contributed by atoms with E-state index in [1.165, 1.54) is 28.6 Å². The number of hydroxylamine groups is 2. The van der Waals surface area contributed by atoms with E-state index in [2.05, 4.69) is 10.6 Å². The van der Waals surface area contributed by atoms with Crippen LogP contribution in [0.1, 0.15) is 0 Å². The number of hydrogen-bond acceptors (Lipinski definition) is 6. The molecular formula is C21H25F2N5O5S. The van der Waals surface area contributed by atoms with Gasteiger partial charge in [-0.2, -0.15) is 4.31 Å². The average Bonchev–Trinajstić information content (AvgIpc) is 2.83. The molecule has 1 aliphatic heterocycles. The molecular weight excluding hydrogens is 472 g/mol. The van der Waals surface area contributed by atoms with Crippen LogP contribution in [0.25, 0.3) is 0 Å². The molecule has 1 aliphatic rings. The number of carbonyl (C=O) groups excluding carboxylic acids is 2. The largest absolute Gasteiger partial charge is 0.369 e. The number of amides is 3. The molecule has 3 N–H and O–H groups in total. The Morgan fingerprint density at radius 2 is 1.59 bits per heavy atom. The Balaban J connectivity index is 1.55. The van der Waals surface area contributed by atoms with Crippen LogP contribution < -0.4 is 15.5 Å². The second kappa shape index (κ2) is 11.2. The summed E-state index contributed by atoms with van der Waals surface area (Å²) in [5, 5.41) is 14.9. The highest BCUT2D eigenvalue weighted by Crippen LogP contribution is 2.19. The lowest BCUT2D eigenvalue weighted by Gasteiger charge is -2.36. The van der Waals surface area contributed by atoms with Gasteiger partial charge < -0.3 is 15.5 Å². The van der Waals surface area contributed by atoms with E-state index in [0.717, 1.165) is 17.8 Å². The Morgan fingerprint density at radius 1 is 1.03 bits per heavy atom. The molecule has 0 radical (unpaired) electrons. The van der Waals surface area contributed by atoms with Crippen LogP contribution in [0.2, 0.25) is 0 Å². The van der Waals surface area contributed by atoms with Gasteiger partial charge in [0.25, 0.3) is 0 Å². The highest BCUT2D eigenvalue weighted by atomic mass is 32.2. The molecule has 1 fully saturated rings. The highest BCUT2D eigenvalue weighted by Gasteiger charge is 2.32. The normalized spacial score (nSPS) is 15.4. The van der Waals surface area contributed by atoms with E-state index in [4.69, 9.17) is 0 Å². The lowest BCUT2D eigenvalue weighted by Crippen LogP contribution is -2.53. The van der Waals surface area contributed by atoms with Gasteiger partial charge in [-0.3, -0.25) is 10.0 Å². The fraction of sp³-hybridized carbons (Fsp3) is 0.333. The number of urea groups is 1. The number of sulfonamides is 1. The SMILES string of the molecule is O=CN(O)C(CNC(=O)Nc1ccc(F)cc1)CS(=O)(=O)N1CCN(c2ccc(F)cc2)CC1. The Bertz CT molecular complexity index is 1080. The zero-order chi connectivity index (χ0) is 24.7. The molecule has 1 unspecified atom stereocenters. The van der Waals surface area contributed by atoms with Gasteiger partial charge in [-0.25, -0.2) is 27.1 Å². The lowest BCUT2D eigenvalue weighted by molar-refractivity contribution is -0.157. The van der Waals surface area contributed by atoms with Crippen LogP contribution in [0.15, 0.2) is 48.5 Å². The highest BCUT2D eigenvalue weighted by molar-refractivity contribution is 7.89. The van der Waals surface area contributed by atoms with Crippen LogP contribution in [-0.2, 0) is 14.8 Å². The third-order valence-electron chi connectivity index (χ3n) is 5.31. The molecule has 0 aliphatic carbocycles. The molecule has 1 atom stereocenters. The lowest BCUT2D eigenvalue weighted by atomic mass is 10.2. The van der Waals surface area contributed by atoms with Crippen molar-refractivity contribution in [2.75, 3.05) is 48.7 Å². The van der Waals surface area contributed by atoms with E-state index in [1.807, 2.05) is 4.90 Å². The smallest absolute Gasteiger partial charge is 0.319 e. The molecule has 2 aromatic rings. The molecule has 2 aromatic carbocycles. The predicted octanol–water partition coefficient (Wildman–Crippen LogP) is 1.45. The summed E-state index contributed by atoms with van der Waals surface area (Å²) in [5.74, 6) is -1.45. The van der Waals surface area contributed by atoms with Gasteiger partial charge in [0.2, 0.25) is 16.4 Å². The van der Waals surface area contributed by atoms with Crippen molar-refractivity contribution in [1.29, 1.82) is 0 Å². The van der Waals surface area contributed by atoms with Crippen molar-refractivity contribution in [3.05, 3.63) is 60.2 Å². The summed E-state index contributed by atoms with van der Waals surface area (Å²) in [6.07, 6.45) is 0.0617. The monoisotopic (exact) mass is 497 g/mol. The van der Waals surface area contributed by atoms with Crippen molar-refractivity contribution in [2.24, 2.45) is 0 Å². The van der Waals surface area contributed by atoms with Gasteiger partial charge in [-0.15, -0.1) is 0 Å². The van der Waals surface area contributed by atoms with Gasteiger partial charge in [-0.05, 0) is 48.5 Å². The summed E-state index contributed by atoms with van der Waals surface area (Å²) >= 11 is 0. The molecule has 0 bridgehead atoms. The third-order valence-corrected chi connectivity index (χ3v) is 7.27. The molecule has 1 heterocycles. The van der Waals surface area contributed by atoms with E-state index in [1.54, 1.807) is 12.1 Å². The number of benzene rings is 2. The van der Waals surface area contributed by atoms with Gasteiger partial charge in [-0.1, -0.05) is 0 Å². The van der Waals surface area contributed by atoms with Gasteiger partial charge in [0, 0.05) is 44.1 Å². The molecule has 0 aromatic heterocycles. The topological polar surface area (TPSA) is 122 Å². The molecule has 0 spiro atoms. The van der Waals surface area contributed by atoms with Crippen molar-refractivity contribution in [2.45, 2.75) is 6.04 Å². The van der Waals surface area contributed by atoms with Crippen molar-refractivity contribution < 1.29 is 32.0 Å². The summed E-state index contributed by atoms with van der Waals surface area (Å²) in [4.78, 5) is 25.1. The molecule has 184 valence electrons. The number of nitrogens with one attached hydrogen (secondary N) is 2. The van der Waals surface area contributed by atoms with Gasteiger partial charge in [0.15, 0.2) is 0 Å². The second-order valence-electron chi connectivity index (χ2n) is 7.62. The van der Waals surface area contributed by atoms with E-state index in [-0.39, 0.29) is 36.9 Å². The number of anilines is 2. The quantitative estimate of drug-likeness (QED) is 0.274. The minimum Gasteiger partial charge on any atom is -0.369 e. The summed E-state index contributed by atoms with van der Waals surface area (Å²) in [7, 11) is -3.89. The number of nitrogens with zero attached hydrogens (tertiary/aromatic N) is 3. The minimum absolute atomic E-state index is 0.0617. The Hall–Kier alpha value is -3.29. The number of halogens is 2.